The van der Waals surface area contributed by atoms with Crippen LogP contribution in [0.25, 0.3) is 0 Å². The molecule has 0 spiro atoms. The van der Waals surface area contributed by atoms with Gasteiger partial charge in [0.1, 0.15) is 5.75 Å². The van der Waals surface area contributed by atoms with Crippen molar-refractivity contribution in [1.29, 1.82) is 0 Å². The molecule has 22 heavy (non-hydrogen) atoms. The quantitative estimate of drug-likeness (QED) is 0.142. The van der Waals surface area contributed by atoms with Crippen LogP contribution in [-0.2, 0) is 17.1 Å². The Hall–Kier alpha value is -0.631. The first-order valence-electron chi connectivity index (χ1n) is 6.23. The molecule has 0 aromatic heterocycles. The zero-order valence-corrected chi connectivity index (χ0v) is 16.8. The van der Waals surface area contributed by atoms with Crippen molar-refractivity contribution in [3.63, 3.8) is 0 Å². The monoisotopic (exact) mass is 558 g/mol. The smallest absolute Gasteiger partial charge is 0.287 e. The van der Waals surface area contributed by atoms with Crippen LogP contribution in [0.4, 0.5) is 0 Å². The van der Waals surface area contributed by atoms with Gasteiger partial charge >= 0.3 is 0 Å². The molecule has 120 valence electrons. The summed E-state index contributed by atoms with van der Waals surface area (Å²) in [6.45, 7) is 0. The van der Waals surface area contributed by atoms with Gasteiger partial charge in [-0.15, -0.1) is 0 Å². The number of carbonyl (C=O) groups is 1. The molecule has 3 rings (SSSR count). The van der Waals surface area contributed by atoms with Gasteiger partial charge in [-0.25, -0.2) is 6.07 Å². The second kappa shape index (κ2) is 10.2. The van der Waals surface area contributed by atoms with Crippen molar-refractivity contribution in [3.8, 4) is 5.75 Å². The van der Waals surface area contributed by atoms with E-state index in [1.165, 1.54) is 0 Å². The van der Waals surface area contributed by atoms with Crippen LogP contribution in [0.2, 0.25) is 0 Å². The van der Waals surface area contributed by atoms with Crippen molar-refractivity contribution in [2.45, 2.75) is 0 Å². The van der Waals surface area contributed by atoms with Crippen LogP contribution in [0.3, 0.4) is 0 Å². The topological polar surface area (TPSA) is 26.3 Å². The maximum absolute atomic E-state index is 11.8. The molecule has 0 bridgehead atoms. The predicted molar refractivity (Wildman–Crippen MR) is 101 cm³/mol. The van der Waals surface area contributed by atoms with Gasteiger partial charge in [0, 0.05) is 17.1 Å². The molecule has 0 unspecified atom stereocenters. The molecule has 0 heterocycles. The van der Waals surface area contributed by atoms with Crippen LogP contribution in [0.5, 0.6) is 5.75 Å². The summed E-state index contributed by atoms with van der Waals surface area (Å²) >= 11 is 4.26. The van der Waals surface area contributed by atoms with Crippen molar-refractivity contribution in [1.82, 2.24) is 0 Å². The van der Waals surface area contributed by atoms with E-state index in [0.717, 1.165) is 7.14 Å². The fourth-order valence-corrected chi connectivity index (χ4v) is 2.67. The normalized spacial score (nSPS) is 9.18. The molecule has 3 aromatic rings. The van der Waals surface area contributed by atoms with Gasteiger partial charge < -0.3 is 35.1 Å². The molecular formula is C17H12FeI2O2-6. The Morgan fingerprint density at radius 3 is 2.05 bits per heavy atom. The minimum absolute atomic E-state index is 0. The summed E-state index contributed by atoms with van der Waals surface area (Å²) in [5, 5.41) is 0. The molecule has 0 aliphatic heterocycles. The van der Waals surface area contributed by atoms with Gasteiger partial charge in [-0.1, -0.05) is 38.3 Å². The first-order chi connectivity index (χ1) is 10.2. The van der Waals surface area contributed by atoms with Crippen molar-refractivity contribution in [2.75, 3.05) is 0 Å². The van der Waals surface area contributed by atoms with Gasteiger partial charge in [0.05, 0.1) is 3.57 Å². The number of ether oxygens (including phenoxy) is 1. The number of benzene rings is 1. The van der Waals surface area contributed by atoms with Gasteiger partial charge in [-0.3, -0.25) is 4.79 Å². The van der Waals surface area contributed by atoms with E-state index >= 15 is 0 Å². The standard InChI is InChI=1S/C12H7I2O2.C5H5.Fe/c13-9-6-3-4-8(9)12(15)16-11-7-2-1-5-10(11)14;1-2-4-5-3-1;/h1-7H;1-5H;/q-1;-5;. The average molecular weight is 558 g/mol. The third kappa shape index (κ3) is 5.87. The van der Waals surface area contributed by atoms with E-state index in [0.29, 0.717) is 11.3 Å². The number of carbonyl (C=O) groups excluding carboxylic acids is 1. The molecule has 0 aliphatic rings. The zero-order chi connectivity index (χ0) is 15.1. The Bertz CT molecular complexity index is 673. The first kappa shape index (κ1) is 19.4. The molecule has 0 N–H and O–H groups in total. The van der Waals surface area contributed by atoms with E-state index in [9.17, 15) is 4.79 Å². The number of esters is 1. The predicted octanol–water partition coefficient (Wildman–Crippen LogP) is 5.24. The molecule has 0 atom stereocenters. The Kier molecular flexibility index (Phi) is 9.00. The Morgan fingerprint density at radius 1 is 0.955 bits per heavy atom. The van der Waals surface area contributed by atoms with Crippen molar-refractivity contribution >= 4 is 51.2 Å². The van der Waals surface area contributed by atoms with Crippen LogP contribution < -0.4 is 4.74 Å². The second-order valence-corrected chi connectivity index (χ2v) is 6.39. The minimum Gasteiger partial charge on any atom is -0.748 e. The molecule has 0 saturated heterocycles. The number of hydrogen-bond acceptors (Lipinski definition) is 2. The zero-order valence-electron chi connectivity index (χ0n) is 11.4. The summed E-state index contributed by atoms with van der Waals surface area (Å²) in [7, 11) is 0. The van der Waals surface area contributed by atoms with E-state index in [1.54, 1.807) is 12.1 Å². The van der Waals surface area contributed by atoms with Crippen LogP contribution in [-0.4, -0.2) is 5.97 Å². The van der Waals surface area contributed by atoms with E-state index in [1.807, 2.05) is 60.7 Å². The van der Waals surface area contributed by atoms with Crippen molar-refractivity contribution < 1.29 is 26.6 Å². The van der Waals surface area contributed by atoms with E-state index in [4.69, 9.17) is 4.74 Å². The molecule has 0 saturated carbocycles. The summed E-state index contributed by atoms with van der Waals surface area (Å²) in [5.41, 5.74) is 0.611. The van der Waals surface area contributed by atoms with Gasteiger partial charge in [-0.2, -0.15) is 12.1 Å². The number of rotatable bonds is 2. The maximum Gasteiger partial charge on any atom is 0.287 e. The van der Waals surface area contributed by atoms with E-state index in [2.05, 4.69) is 45.2 Å². The Labute approximate surface area is 167 Å². The minimum atomic E-state index is -0.307. The Balaban J connectivity index is 0.000000344. The summed E-state index contributed by atoms with van der Waals surface area (Å²) in [5.74, 6) is 0.295. The molecule has 0 fully saturated rings. The summed E-state index contributed by atoms with van der Waals surface area (Å²) in [4.78, 5) is 11.8. The fraction of sp³-hybridized carbons (Fsp3) is 0. The SMILES string of the molecule is O=C(Oc1ccccc1I)[c-]1cccc1I.[Fe].[cH-]1[cH-][cH-][cH-][cH-]1. The molecule has 3 aromatic carbocycles. The van der Waals surface area contributed by atoms with Gasteiger partial charge in [-0.05, 0) is 40.3 Å². The van der Waals surface area contributed by atoms with Crippen LogP contribution >= 0.6 is 45.2 Å². The molecule has 0 amide bonds. The second-order valence-electron chi connectivity index (χ2n) is 4.07. The number of para-hydroxylation sites is 1. The number of halogens is 2. The molecular weight excluding hydrogens is 546 g/mol. The molecule has 0 radical (unpaired) electrons. The third-order valence-electron chi connectivity index (χ3n) is 2.58. The van der Waals surface area contributed by atoms with Gasteiger partial charge in [0.15, 0.2) is 0 Å². The van der Waals surface area contributed by atoms with Gasteiger partial charge in [0.2, 0.25) is 0 Å². The molecule has 2 nitrogen and oxygen atoms in total. The average Bonchev–Trinajstić information content (AvgIpc) is 3.15. The first-order valence-corrected chi connectivity index (χ1v) is 8.39. The number of hydrogen-bond donors (Lipinski definition) is 0. The summed E-state index contributed by atoms with van der Waals surface area (Å²) in [6.07, 6.45) is 0. The molecule has 0 aliphatic carbocycles. The third-order valence-corrected chi connectivity index (χ3v) is 4.41. The van der Waals surface area contributed by atoms with Gasteiger partial charge in [0.25, 0.3) is 5.97 Å². The summed E-state index contributed by atoms with van der Waals surface area (Å²) < 4.78 is 7.16. The van der Waals surface area contributed by atoms with E-state index in [-0.39, 0.29) is 23.0 Å². The molecule has 5 heteroatoms. The van der Waals surface area contributed by atoms with Crippen LogP contribution in [0.1, 0.15) is 10.4 Å². The maximum atomic E-state index is 11.8. The largest absolute Gasteiger partial charge is 0.748 e. The summed E-state index contributed by atoms with van der Waals surface area (Å²) in [6, 6.07) is 22.9. The Morgan fingerprint density at radius 2 is 1.55 bits per heavy atom. The van der Waals surface area contributed by atoms with Crippen LogP contribution in [0.15, 0.2) is 72.8 Å². The fourth-order valence-electron chi connectivity index (χ4n) is 1.57. The van der Waals surface area contributed by atoms with Crippen LogP contribution in [0, 0.1) is 7.14 Å². The van der Waals surface area contributed by atoms with Crippen molar-refractivity contribution in [2.24, 2.45) is 0 Å². The van der Waals surface area contributed by atoms with Crippen molar-refractivity contribution in [3.05, 3.63) is 85.5 Å². The van der Waals surface area contributed by atoms with E-state index < -0.39 is 0 Å².